The minimum Gasteiger partial charge on any atom is -0.367 e. The van der Waals surface area contributed by atoms with E-state index in [0.717, 1.165) is 38.8 Å². The van der Waals surface area contributed by atoms with Crippen molar-refractivity contribution in [1.29, 1.82) is 0 Å². The van der Waals surface area contributed by atoms with Gasteiger partial charge in [-0.1, -0.05) is 19.8 Å². The molecule has 0 saturated carbocycles. The van der Waals surface area contributed by atoms with Gasteiger partial charge in [-0.05, 0) is 25.1 Å². The number of hydrogen-bond donors (Lipinski definition) is 0. The maximum Gasteiger partial charge on any atom is 0.149 e. The zero-order valence-corrected chi connectivity index (χ0v) is 11.5. The van der Waals surface area contributed by atoms with Crippen molar-refractivity contribution >= 4 is 5.69 Å². The van der Waals surface area contributed by atoms with Crippen molar-refractivity contribution < 1.29 is 8.78 Å². The Morgan fingerprint density at radius 1 is 1.05 bits per heavy atom. The Labute approximate surface area is 114 Å². The van der Waals surface area contributed by atoms with Crippen LogP contribution in [0, 0.1) is 11.6 Å². The summed E-state index contributed by atoms with van der Waals surface area (Å²) in [6.07, 6.45) is 3.75. The molecule has 0 aliphatic carbocycles. The highest BCUT2D eigenvalue weighted by atomic mass is 19.1. The zero-order chi connectivity index (χ0) is 13.7. The molecule has 0 bridgehead atoms. The van der Waals surface area contributed by atoms with Gasteiger partial charge in [-0.2, -0.15) is 0 Å². The van der Waals surface area contributed by atoms with E-state index in [9.17, 15) is 8.78 Å². The molecule has 4 heteroatoms. The lowest BCUT2D eigenvalue weighted by atomic mass is 10.2. The Balaban J connectivity index is 1.85. The quantitative estimate of drug-likeness (QED) is 0.756. The van der Waals surface area contributed by atoms with Crippen LogP contribution >= 0.6 is 0 Å². The molecule has 0 atom stereocenters. The summed E-state index contributed by atoms with van der Waals surface area (Å²) in [5.41, 5.74) is 0.523. The zero-order valence-electron chi connectivity index (χ0n) is 11.5. The maximum atomic E-state index is 13.7. The molecule has 1 aliphatic heterocycles. The number of piperazine rings is 1. The van der Waals surface area contributed by atoms with E-state index in [1.54, 1.807) is 0 Å². The van der Waals surface area contributed by atoms with E-state index < -0.39 is 11.6 Å². The highest BCUT2D eigenvalue weighted by molar-refractivity contribution is 5.48. The monoisotopic (exact) mass is 268 g/mol. The van der Waals surface area contributed by atoms with Crippen molar-refractivity contribution in [1.82, 2.24) is 4.90 Å². The fourth-order valence-electron chi connectivity index (χ4n) is 2.54. The molecule has 1 saturated heterocycles. The summed E-state index contributed by atoms with van der Waals surface area (Å²) < 4.78 is 26.6. The molecule has 0 spiro atoms. The van der Waals surface area contributed by atoms with Crippen LogP contribution in [-0.4, -0.2) is 37.6 Å². The lowest BCUT2D eigenvalue weighted by Crippen LogP contribution is -2.46. The summed E-state index contributed by atoms with van der Waals surface area (Å²) in [5.74, 6) is -0.973. The third-order valence-electron chi connectivity index (χ3n) is 3.70. The van der Waals surface area contributed by atoms with E-state index in [4.69, 9.17) is 0 Å². The van der Waals surface area contributed by atoms with Crippen LogP contribution < -0.4 is 4.90 Å². The average molecular weight is 268 g/mol. The van der Waals surface area contributed by atoms with Crippen molar-refractivity contribution in [3.63, 3.8) is 0 Å². The first-order valence-electron chi connectivity index (χ1n) is 7.13. The summed E-state index contributed by atoms with van der Waals surface area (Å²) in [7, 11) is 0. The van der Waals surface area contributed by atoms with Gasteiger partial charge in [0.1, 0.15) is 11.6 Å². The van der Waals surface area contributed by atoms with Crippen molar-refractivity contribution in [2.24, 2.45) is 0 Å². The molecule has 106 valence electrons. The second kappa shape index (κ2) is 6.85. The van der Waals surface area contributed by atoms with E-state index in [1.807, 2.05) is 4.90 Å². The summed E-state index contributed by atoms with van der Waals surface area (Å²) in [6.45, 7) is 6.88. The first-order valence-corrected chi connectivity index (χ1v) is 7.13. The molecule has 0 N–H and O–H groups in total. The standard InChI is InChI=1S/C15H22F2N2/c1-2-3-4-7-18-8-10-19(11-9-18)15-6-5-13(16)12-14(15)17/h5-6,12H,2-4,7-11H2,1H3. The van der Waals surface area contributed by atoms with E-state index in [0.29, 0.717) is 5.69 Å². The van der Waals surface area contributed by atoms with Crippen LogP contribution in [0.1, 0.15) is 26.2 Å². The molecule has 0 radical (unpaired) electrons. The Kier molecular flexibility index (Phi) is 5.14. The second-order valence-corrected chi connectivity index (χ2v) is 5.13. The van der Waals surface area contributed by atoms with Gasteiger partial charge in [0.15, 0.2) is 0 Å². The van der Waals surface area contributed by atoms with Crippen molar-refractivity contribution in [2.45, 2.75) is 26.2 Å². The lowest BCUT2D eigenvalue weighted by molar-refractivity contribution is 0.252. The predicted molar refractivity (Wildman–Crippen MR) is 74.5 cm³/mol. The van der Waals surface area contributed by atoms with Gasteiger partial charge in [-0.15, -0.1) is 0 Å². The molecule has 2 rings (SSSR count). The van der Waals surface area contributed by atoms with E-state index in [-0.39, 0.29) is 0 Å². The van der Waals surface area contributed by atoms with Crippen LogP contribution in [0.2, 0.25) is 0 Å². The molecule has 0 unspecified atom stereocenters. The third kappa shape index (κ3) is 3.90. The summed E-state index contributed by atoms with van der Waals surface area (Å²) >= 11 is 0. The number of anilines is 1. The van der Waals surface area contributed by atoms with Crippen LogP contribution in [0.25, 0.3) is 0 Å². The molecule has 1 aliphatic rings. The first-order chi connectivity index (χ1) is 9.20. The van der Waals surface area contributed by atoms with Crippen LogP contribution in [-0.2, 0) is 0 Å². The minimum atomic E-state index is -0.514. The van der Waals surface area contributed by atoms with Crippen molar-refractivity contribution in [3.05, 3.63) is 29.8 Å². The summed E-state index contributed by atoms with van der Waals surface area (Å²) in [4.78, 5) is 4.43. The third-order valence-corrected chi connectivity index (χ3v) is 3.70. The fourth-order valence-corrected chi connectivity index (χ4v) is 2.54. The normalized spacial score (nSPS) is 16.9. The molecule has 1 aromatic rings. The molecule has 0 aromatic heterocycles. The van der Waals surface area contributed by atoms with Gasteiger partial charge in [-0.25, -0.2) is 8.78 Å². The number of unbranched alkanes of at least 4 members (excludes halogenated alkanes) is 2. The van der Waals surface area contributed by atoms with Crippen LogP contribution in [0.3, 0.4) is 0 Å². The Morgan fingerprint density at radius 3 is 2.42 bits per heavy atom. The molecular weight excluding hydrogens is 246 g/mol. The van der Waals surface area contributed by atoms with E-state index in [2.05, 4.69) is 11.8 Å². The smallest absolute Gasteiger partial charge is 0.149 e. The molecule has 1 fully saturated rings. The number of rotatable bonds is 5. The Hall–Kier alpha value is -1.16. The topological polar surface area (TPSA) is 6.48 Å². The van der Waals surface area contributed by atoms with Gasteiger partial charge in [-0.3, -0.25) is 4.90 Å². The molecular formula is C15H22F2N2. The van der Waals surface area contributed by atoms with Crippen molar-refractivity contribution in [3.8, 4) is 0 Å². The molecule has 19 heavy (non-hydrogen) atoms. The van der Waals surface area contributed by atoms with E-state index in [1.165, 1.54) is 31.4 Å². The molecule has 2 nitrogen and oxygen atoms in total. The van der Waals surface area contributed by atoms with Gasteiger partial charge in [0.05, 0.1) is 5.69 Å². The van der Waals surface area contributed by atoms with E-state index >= 15 is 0 Å². The SMILES string of the molecule is CCCCCN1CCN(c2ccc(F)cc2F)CC1. The number of benzene rings is 1. The van der Waals surface area contributed by atoms with Gasteiger partial charge < -0.3 is 4.90 Å². The number of hydrogen-bond acceptors (Lipinski definition) is 2. The molecule has 1 aromatic carbocycles. The highest BCUT2D eigenvalue weighted by Gasteiger charge is 2.19. The van der Waals surface area contributed by atoms with Crippen LogP contribution in [0.4, 0.5) is 14.5 Å². The minimum absolute atomic E-state index is 0.459. The molecule has 0 amide bonds. The second-order valence-electron chi connectivity index (χ2n) is 5.13. The Morgan fingerprint density at radius 2 is 1.79 bits per heavy atom. The first kappa shape index (κ1) is 14.3. The van der Waals surface area contributed by atoms with Gasteiger partial charge in [0, 0.05) is 32.2 Å². The highest BCUT2D eigenvalue weighted by Crippen LogP contribution is 2.21. The summed E-state index contributed by atoms with van der Waals surface area (Å²) in [5, 5.41) is 0. The fraction of sp³-hybridized carbons (Fsp3) is 0.600. The van der Waals surface area contributed by atoms with Gasteiger partial charge in [0.2, 0.25) is 0 Å². The van der Waals surface area contributed by atoms with Crippen LogP contribution in [0.15, 0.2) is 18.2 Å². The Bertz CT molecular complexity index is 401. The largest absolute Gasteiger partial charge is 0.367 e. The average Bonchev–Trinajstić information content (AvgIpc) is 2.40. The number of halogens is 2. The predicted octanol–water partition coefficient (Wildman–Crippen LogP) is 3.28. The van der Waals surface area contributed by atoms with Gasteiger partial charge >= 0.3 is 0 Å². The lowest BCUT2D eigenvalue weighted by Gasteiger charge is -2.36. The number of nitrogens with zero attached hydrogens (tertiary/aromatic N) is 2. The molecule has 1 heterocycles. The maximum absolute atomic E-state index is 13.7. The van der Waals surface area contributed by atoms with Crippen molar-refractivity contribution in [2.75, 3.05) is 37.6 Å². The van der Waals surface area contributed by atoms with Crippen LogP contribution in [0.5, 0.6) is 0 Å². The summed E-state index contributed by atoms with van der Waals surface area (Å²) in [6, 6.07) is 3.83. The van der Waals surface area contributed by atoms with Gasteiger partial charge in [0.25, 0.3) is 0 Å².